The van der Waals surface area contributed by atoms with E-state index in [-0.39, 0.29) is 5.97 Å². The van der Waals surface area contributed by atoms with Gasteiger partial charge >= 0.3 is 5.97 Å². The number of nitrogens with one attached hydrogen (secondary N) is 1. The van der Waals surface area contributed by atoms with Gasteiger partial charge in [0.15, 0.2) is 10.8 Å². The molecule has 1 N–H and O–H groups in total. The van der Waals surface area contributed by atoms with Crippen molar-refractivity contribution < 1.29 is 9.53 Å². The van der Waals surface area contributed by atoms with E-state index in [9.17, 15) is 4.79 Å². The Labute approximate surface area is 104 Å². The van der Waals surface area contributed by atoms with Crippen molar-refractivity contribution in [3.05, 3.63) is 11.1 Å². The average molecular weight is 260 g/mol. The summed E-state index contributed by atoms with van der Waals surface area (Å²) in [6.07, 6.45) is 3.11. The van der Waals surface area contributed by atoms with E-state index in [1.165, 1.54) is 18.4 Å². The number of hydrogen-bond acceptors (Lipinski definition) is 6. The highest BCUT2D eigenvalue weighted by Gasteiger charge is 2.12. The highest BCUT2D eigenvalue weighted by atomic mass is 32.2. The monoisotopic (exact) mass is 260 g/mol. The molecule has 6 heteroatoms. The largest absolute Gasteiger partial charge is 0.464 e. The highest BCUT2D eigenvalue weighted by Crippen LogP contribution is 2.18. The van der Waals surface area contributed by atoms with Crippen LogP contribution in [-0.4, -0.2) is 36.1 Å². The summed E-state index contributed by atoms with van der Waals surface area (Å²) in [6.45, 7) is 2.13. The third-order valence-corrected chi connectivity index (χ3v) is 3.60. The fraction of sp³-hybridized carbons (Fsp3) is 0.600. The lowest BCUT2D eigenvalue weighted by molar-refractivity contribution is 0.0595. The van der Waals surface area contributed by atoms with E-state index in [0.717, 1.165) is 17.3 Å². The van der Waals surface area contributed by atoms with Crippen molar-refractivity contribution >= 4 is 34.2 Å². The molecule has 0 spiro atoms. The number of rotatable bonds is 6. The maximum Gasteiger partial charge on any atom is 0.357 e. The summed E-state index contributed by atoms with van der Waals surface area (Å²) >= 11 is 3.22. The number of hydrogen-bond donors (Lipinski definition) is 1. The Bertz CT molecular complexity index is 341. The van der Waals surface area contributed by atoms with Crippen molar-refractivity contribution in [3.63, 3.8) is 0 Å². The summed E-state index contributed by atoms with van der Waals surface area (Å²) in [5, 5.41) is 5.80. The van der Waals surface area contributed by atoms with Gasteiger partial charge in [0.1, 0.15) is 0 Å². The summed E-state index contributed by atoms with van der Waals surface area (Å²) in [5.74, 6) is 0.645. The predicted molar refractivity (Wildman–Crippen MR) is 69.5 cm³/mol. The second-order valence-electron chi connectivity index (χ2n) is 3.23. The lowest BCUT2D eigenvalue weighted by Gasteiger charge is -2.14. The predicted octanol–water partition coefficient (Wildman–Crippen LogP) is 2.48. The molecule has 0 aliphatic carbocycles. The molecule has 0 radical (unpaired) electrons. The zero-order chi connectivity index (χ0) is 12.0. The first kappa shape index (κ1) is 13.3. The molecule has 1 rings (SSSR count). The first-order chi connectivity index (χ1) is 7.71. The molecule has 0 fully saturated rings. The average Bonchev–Trinajstić information content (AvgIpc) is 2.76. The molecule has 1 heterocycles. The molecule has 16 heavy (non-hydrogen) atoms. The van der Waals surface area contributed by atoms with Crippen LogP contribution in [0.25, 0.3) is 0 Å². The molecule has 1 atom stereocenters. The maximum atomic E-state index is 11.2. The fourth-order valence-electron chi connectivity index (χ4n) is 1.18. The summed E-state index contributed by atoms with van der Waals surface area (Å²) in [5.41, 5.74) is 0.369. The van der Waals surface area contributed by atoms with Crippen LogP contribution in [-0.2, 0) is 4.74 Å². The zero-order valence-corrected chi connectivity index (χ0v) is 11.3. The van der Waals surface area contributed by atoms with Crippen molar-refractivity contribution in [2.24, 2.45) is 0 Å². The molecule has 0 aliphatic rings. The van der Waals surface area contributed by atoms with Gasteiger partial charge in [0.25, 0.3) is 0 Å². The molecule has 90 valence electrons. The van der Waals surface area contributed by atoms with Crippen LogP contribution in [0.5, 0.6) is 0 Å². The number of carbonyl (C=O) groups is 1. The van der Waals surface area contributed by atoms with Gasteiger partial charge in [0.2, 0.25) is 0 Å². The third kappa shape index (κ3) is 3.68. The first-order valence-corrected chi connectivity index (χ1v) is 7.27. The third-order valence-electron chi connectivity index (χ3n) is 2.09. The minimum atomic E-state index is -0.387. The molecular formula is C10H16N2O2S2. The summed E-state index contributed by atoms with van der Waals surface area (Å²) in [7, 11) is 1.36. The Kier molecular flexibility index (Phi) is 5.62. The van der Waals surface area contributed by atoms with E-state index in [2.05, 4.69) is 28.2 Å². The van der Waals surface area contributed by atoms with Crippen LogP contribution >= 0.6 is 23.1 Å². The molecule has 0 saturated heterocycles. The van der Waals surface area contributed by atoms with Crippen molar-refractivity contribution in [2.75, 3.05) is 24.4 Å². The molecule has 0 aliphatic heterocycles. The summed E-state index contributed by atoms with van der Waals surface area (Å²) in [4.78, 5) is 15.4. The van der Waals surface area contributed by atoms with Crippen LogP contribution in [0.15, 0.2) is 5.38 Å². The van der Waals surface area contributed by atoms with Crippen LogP contribution in [0.2, 0.25) is 0 Å². The maximum absolute atomic E-state index is 11.2. The second-order valence-corrected chi connectivity index (χ2v) is 5.00. The Hall–Kier alpha value is -0.750. The topological polar surface area (TPSA) is 51.2 Å². The summed E-state index contributed by atoms with van der Waals surface area (Å²) < 4.78 is 4.60. The van der Waals surface area contributed by atoms with Gasteiger partial charge < -0.3 is 10.1 Å². The number of methoxy groups -OCH3 is 1. The van der Waals surface area contributed by atoms with Crippen LogP contribution in [0, 0.1) is 0 Å². The number of thioether (sulfide) groups is 1. The van der Waals surface area contributed by atoms with Gasteiger partial charge in [0, 0.05) is 17.2 Å². The molecule has 1 unspecified atom stereocenters. The Morgan fingerprint density at radius 2 is 2.50 bits per heavy atom. The number of aromatic nitrogens is 1. The highest BCUT2D eigenvalue weighted by molar-refractivity contribution is 7.98. The standard InChI is InChI=1S/C10H16N2O2S2/c1-4-7(5-15-3)11-10-12-8(6-16-10)9(13)14-2/h6-7H,4-5H2,1-3H3,(H,11,12). The SMILES string of the molecule is CCC(CSC)Nc1nc(C(=O)OC)cs1. The van der Waals surface area contributed by atoms with Crippen molar-refractivity contribution in [3.8, 4) is 0 Å². The van der Waals surface area contributed by atoms with Crippen molar-refractivity contribution in [1.82, 2.24) is 4.98 Å². The van der Waals surface area contributed by atoms with Gasteiger partial charge in [-0.3, -0.25) is 0 Å². The Morgan fingerprint density at radius 3 is 3.06 bits per heavy atom. The second kappa shape index (κ2) is 6.75. The molecule has 1 aromatic heterocycles. The smallest absolute Gasteiger partial charge is 0.357 e. The Balaban J connectivity index is 2.60. The van der Waals surface area contributed by atoms with Gasteiger partial charge in [-0.25, -0.2) is 9.78 Å². The lowest BCUT2D eigenvalue weighted by atomic mass is 10.3. The van der Waals surface area contributed by atoms with Crippen LogP contribution < -0.4 is 5.32 Å². The molecular weight excluding hydrogens is 244 g/mol. The number of nitrogens with zero attached hydrogens (tertiary/aromatic N) is 1. The number of anilines is 1. The quantitative estimate of drug-likeness (QED) is 0.796. The number of carbonyl (C=O) groups excluding carboxylic acids is 1. The zero-order valence-electron chi connectivity index (χ0n) is 9.65. The molecule has 0 amide bonds. The van der Waals surface area contributed by atoms with Gasteiger partial charge in [0.05, 0.1) is 7.11 Å². The minimum Gasteiger partial charge on any atom is -0.464 e. The summed E-state index contributed by atoms with van der Waals surface area (Å²) in [6, 6.07) is 0.395. The lowest BCUT2D eigenvalue weighted by Crippen LogP contribution is -2.21. The minimum absolute atomic E-state index is 0.369. The molecule has 1 aromatic rings. The molecule has 0 saturated carbocycles. The van der Waals surface area contributed by atoms with E-state index in [1.54, 1.807) is 17.1 Å². The van der Waals surface area contributed by atoms with E-state index in [1.807, 2.05) is 0 Å². The molecule has 0 aromatic carbocycles. The molecule has 0 bridgehead atoms. The van der Waals surface area contributed by atoms with E-state index >= 15 is 0 Å². The van der Waals surface area contributed by atoms with Crippen molar-refractivity contribution in [2.45, 2.75) is 19.4 Å². The van der Waals surface area contributed by atoms with E-state index < -0.39 is 0 Å². The number of thiazole rings is 1. The van der Waals surface area contributed by atoms with Gasteiger partial charge in [-0.2, -0.15) is 11.8 Å². The van der Waals surface area contributed by atoms with Crippen LogP contribution in [0.1, 0.15) is 23.8 Å². The van der Waals surface area contributed by atoms with E-state index in [4.69, 9.17) is 0 Å². The van der Waals surface area contributed by atoms with Gasteiger partial charge in [-0.1, -0.05) is 6.92 Å². The first-order valence-electron chi connectivity index (χ1n) is 5.00. The number of ether oxygens (including phenoxy) is 1. The normalized spacial score (nSPS) is 12.2. The van der Waals surface area contributed by atoms with E-state index in [0.29, 0.717) is 11.7 Å². The van der Waals surface area contributed by atoms with Gasteiger partial charge in [-0.15, -0.1) is 11.3 Å². The van der Waals surface area contributed by atoms with Gasteiger partial charge in [-0.05, 0) is 12.7 Å². The fourth-order valence-corrected chi connectivity index (χ4v) is 2.66. The molecule has 4 nitrogen and oxygen atoms in total. The Morgan fingerprint density at radius 1 is 1.75 bits per heavy atom. The number of esters is 1. The van der Waals surface area contributed by atoms with Crippen LogP contribution in [0.4, 0.5) is 5.13 Å². The van der Waals surface area contributed by atoms with Crippen LogP contribution in [0.3, 0.4) is 0 Å². The van der Waals surface area contributed by atoms with Crippen molar-refractivity contribution in [1.29, 1.82) is 0 Å².